The van der Waals surface area contributed by atoms with Crippen molar-refractivity contribution in [2.75, 3.05) is 12.8 Å². The molecule has 1 aromatic carbocycles. The Morgan fingerprint density at radius 3 is 2.76 bits per heavy atom. The quantitative estimate of drug-likeness (QED) is 0.803. The minimum Gasteiger partial charge on any atom is -0.494 e. The number of halogens is 1. The smallest absolute Gasteiger partial charge is 0.201 e. The van der Waals surface area contributed by atoms with E-state index in [0.29, 0.717) is 18.0 Å². The number of aryl methyl sites for hydroxylation is 1. The van der Waals surface area contributed by atoms with Crippen LogP contribution < -0.4 is 10.5 Å². The average molecular weight is 305 g/mol. The number of imidazole rings is 1. The van der Waals surface area contributed by atoms with Crippen molar-refractivity contribution in [1.82, 2.24) is 9.55 Å². The number of rotatable bonds is 4. The second-order valence-corrected chi connectivity index (χ2v) is 6.01. The first-order valence-corrected chi connectivity index (χ1v) is 7.51. The van der Waals surface area contributed by atoms with Gasteiger partial charge in [-0.1, -0.05) is 6.92 Å². The number of fused-ring (bicyclic) bond motifs is 1. The Labute approximate surface area is 126 Å². The third-order valence-corrected chi connectivity index (χ3v) is 4.65. The lowest BCUT2D eigenvalue weighted by atomic mass is 10.3. The minimum absolute atomic E-state index is 0.198. The summed E-state index contributed by atoms with van der Waals surface area (Å²) in [4.78, 5) is 6.75. The number of anilines is 1. The van der Waals surface area contributed by atoms with Gasteiger partial charge < -0.3 is 15.0 Å². The molecule has 0 saturated carbocycles. The van der Waals surface area contributed by atoms with E-state index in [1.165, 1.54) is 22.9 Å². The van der Waals surface area contributed by atoms with Crippen LogP contribution in [0.1, 0.15) is 16.7 Å². The number of nitrogen functional groups attached to an aromatic ring is 1. The molecule has 0 aliphatic rings. The van der Waals surface area contributed by atoms with Crippen LogP contribution in [0.4, 0.5) is 10.3 Å². The van der Waals surface area contributed by atoms with Crippen molar-refractivity contribution in [1.29, 1.82) is 0 Å². The fraction of sp³-hybridized carbons (Fsp3) is 0.267. The molecule has 6 heteroatoms. The fourth-order valence-electron chi connectivity index (χ4n) is 2.32. The highest BCUT2D eigenvalue weighted by atomic mass is 32.1. The van der Waals surface area contributed by atoms with E-state index in [2.05, 4.69) is 24.0 Å². The van der Waals surface area contributed by atoms with Gasteiger partial charge in [-0.25, -0.2) is 9.37 Å². The number of hydrogen-bond donors (Lipinski definition) is 1. The van der Waals surface area contributed by atoms with Crippen molar-refractivity contribution in [2.45, 2.75) is 19.9 Å². The molecule has 2 aromatic heterocycles. The Hall–Kier alpha value is -2.08. The maximum Gasteiger partial charge on any atom is 0.201 e. The topological polar surface area (TPSA) is 53.1 Å². The van der Waals surface area contributed by atoms with E-state index in [4.69, 9.17) is 10.5 Å². The second-order valence-electron chi connectivity index (χ2n) is 4.75. The van der Waals surface area contributed by atoms with E-state index in [1.54, 1.807) is 17.4 Å². The number of nitrogens with zero attached hydrogens (tertiary/aromatic N) is 2. The summed E-state index contributed by atoms with van der Waals surface area (Å²) >= 11 is 1.75. The first-order valence-electron chi connectivity index (χ1n) is 6.69. The number of aromatic nitrogens is 2. The van der Waals surface area contributed by atoms with Crippen molar-refractivity contribution in [3.8, 4) is 5.75 Å². The van der Waals surface area contributed by atoms with Gasteiger partial charge >= 0.3 is 0 Å². The summed E-state index contributed by atoms with van der Waals surface area (Å²) in [6.45, 7) is 2.76. The largest absolute Gasteiger partial charge is 0.494 e. The highest BCUT2D eigenvalue weighted by Crippen LogP contribution is 2.28. The Bertz CT molecular complexity index is 794. The van der Waals surface area contributed by atoms with Gasteiger partial charge in [-0.3, -0.25) is 0 Å². The van der Waals surface area contributed by atoms with Gasteiger partial charge in [0.1, 0.15) is 0 Å². The van der Waals surface area contributed by atoms with Gasteiger partial charge in [0.25, 0.3) is 0 Å². The van der Waals surface area contributed by atoms with Crippen LogP contribution in [0.2, 0.25) is 0 Å². The zero-order valence-electron chi connectivity index (χ0n) is 11.9. The monoisotopic (exact) mass is 305 g/mol. The van der Waals surface area contributed by atoms with Gasteiger partial charge in [0.05, 0.1) is 24.7 Å². The molecule has 0 aliphatic carbocycles. The van der Waals surface area contributed by atoms with Gasteiger partial charge in [-0.15, -0.1) is 11.3 Å². The van der Waals surface area contributed by atoms with E-state index >= 15 is 0 Å². The molecule has 3 aromatic rings. The van der Waals surface area contributed by atoms with Crippen LogP contribution in [-0.2, 0) is 13.0 Å². The number of hydrogen-bond acceptors (Lipinski definition) is 4. The molecule has 0 radical (unpaired) electrons. The molecule has 3 rings (SSSR count). The van der Waals surface area contributed by atoms with Gasteiger partial charge in [-0.2, -0.15) is 0 Å². The molecule has 0 spiro atoms. The molecular formula is C15H16FN3OS. The van der Waals surface area contributed by atoms with E-state index in [1.807, 2.05) is 4.57 Å². The zero-order chi connectivity index (χ0) is 15.0. The van der Waals surface area contributed by atoms with Crippen LogP contribution in [0.25, 0.3) is 11.0 Å². The number of nitrogens with two attached hydrogens (primary N) is 1. The van der Waals surface area contributed by atoms with Crippen molar-refractivity contribution in [3.63, 3.8) is 0 Å². The third-order valence-electron chi connectivity index (χ3n) is 3.43. The summed E-state index contributed by atoms with van der Waals surface area (Å²) in [6.07, 6.45) is 1.02. The van der Waals surface area contributed by atoms with Crippen molar-refractivity contribution < 1.29 is 9.13 Å². The molecule has 0 unspecified atom stereocenters. The number of benzene rings is 1. The highest BCUT2D eigenvalue weighted by molar-refractivity contribution is 7.11. The lowest BCUT2D eigenvalue weighted by Gasteiger charge is -2.06. The molecule has 0 amide bonds. The normalized spacial score (nSPS) is 11.2. The molecule has 0 atom stereocenters. The van der Waals surface area contributed by atoms with Crippen LogP contribution in [0, 0.1) is 5.82 Å². The summed E-state index contributed by atoms with van der Waals surface area (Å²) in [5.74, 6) is 0.146. The van der Waals surface area contributed by atoms with Crippen LogP contribution in [-0.4, -0.2) is 16.7 Å². The predicted molar refractivity (Wildman–Crippen MR) is 83.5 cm³/mol. The van der Waals surface area contributed by atoms with E-state index in [0.717, 1.165) is 11.9 Å². The Balaban J connectivity index is 2.06. The van der Waals surface area contributed by atoms with Gasteiger partial charge in [0, 0.05) is 21.9 Å². The number of thiophene rings is 1. The van der Waals surface area contributed by atoms with Crippen molar-refractivity contribution >= 4 is 28.3 Å². The Kier molecular flexibility index (Phi) is 3.55. The van der Waals surface area contributed by atoms with Gasteiger partial charge in [0.15, 0.2) is 11.6 Å². The molecule has 0 fully saturated rings. The minimum atomic E-state index is -0.431. The third kappa shape index (κ3) is 2.47. The van der Waals surface area contributed by atoms with Crippen molar-refractivity contribution in [2.24, 2.45) is 0 Å². The van der Waals surface area contributed by atoms with Gasteiger partial charge in [-0.05, 0) is 18.6 Å². The maximum absolute atomic E-state index is 13.7. The standard InChI is InChI=1S/C15H16FN3OS/c1-3-9-4-5-10(21-9)8-19-13-7-14(20-2)11(16)6-12(13)18-15(19)17/h4-7H,3,8H2,1-2H3,(H2,17,18). The van der Waals surface area contributed by atoms with Crippen LogP contribution >= 0.6 is 11.3 Å². The molecule has 110 valence electrons. The fourth-order valence-corrected chi connectivity index (χ4v) is 3.27. The van der Waals surface area contributed by atoms with E-state index in [-0.39, 0.29) is 5.75 Å². The highest BCUT2D eigenvalue weighted by Gasteiger charge is 2.14. The first kappa shape index (κ1) is 13.9. The van der Waals surface area contributed by atoms with Crippen LogP contribution in [0.3, 0.4) is 0 Å². The first-order chi connectivity index (χ1) is 10.1. The van der Waals surface area contributed by atoms with Crippen LogP contribution in [0.5, 0.6) is 5.75 Å². The molecular weight excluding hydrogens is 289 g/mol. The van der Waals surface area contributed by atoms with E-state index < -0.39 is 5.82 Å². The summed E-state index contributed by atoms with van der Waals surface area (Å²) in [5, 5.41) is 0. The van der Waals surface area contributed by atoms with Crippen molar-refractivity contribution in [3.05, 3.63) is 39.8 Å². The SMILES string of the molecule is CCc1ccc(Cn2c(N)nc3cc(F)c(OC)cc32)s1. The predicted octanol–water partition coefficient (Wildman–Crippen LogP) is 3.44. The Morgan fingerprint density at radius 2 is 2.10 bits per heavy atom. The number of methoxy groups -OCH3 is 1. The molecule has 0 saturated heterocycles. The van der Waals surface area contributed by atoms with Gasteiger partial charge in [0.2, 0.25) is 5.95 Å². The van der Waals surface area contributed by atoms with Crippen LogP contribution in [0.15, 0.2) is 24.3 Å². The summed E-state index contributed by atoms with van der Waals surface area (Å²) in [7, 11) is 1.45. The molecule has 2 heterocycles. The Morgan fingerprint density at radius 1 is 1.33 bits per heavy atom. The average Bonchev–Trinajstić information content (AvgIpc) is 3.04. The molecule has 2 N–H and O–H groups in total. The molecule has 0 aliphatic heterocycles. The summed E-state index contributed by atoms with van der Waals surface area (Å²) < 4.78 is 20.6. The second kappa shape index (κ2) is 5.37. The summed E-state index contributed by atoms with van der Waals surface area (Å²) in [6, 6.07) is 7.21. The number of ether oxygens (including phenoxy) is 1. The summed E-state index contributed by atoms with van der Waals surface area (Å²) in [5.41, 5.74) is 7.29. The maximum atomic E-state index is 13.7. The lowest BCUT2D eigenvalue weighted by Crippen LogP contribution is -2.03. The molecule has 4 nitrogen and oxygen atoms in total. The van der Waals surface area contributed by atoms with E-state index in [9.17, 15) is 4.39 Å². The molecule has 21 heavy (non-hydrogen) atoms. The lowest BCUT2D eigenvalue weighted by molar-refractivity contribution is 0.387. The zero-order valence-corrected chi connectivity index (χ0v) is 12.7. The molecule has 0 bridgehead atoms.